The molecule has 1 atom stereocenters. The van der Waals surface area contributed by atoms with E-state index in [0.717, 1.165) is 18.6 Å². The number of nitrogens with zero attached hydrogens (tertiary/aromatic N) is 2. The number of aromatic nitrogens is 1. The molecular weight excluding hydrogens is 300 g/mol. The van der Waals surface area contributed by atoms with Gasteiger partial charge in [0.1, 0.15) is 17.3 Å². The topological polar surface area (TPSA) is 59.5 Å². The van der Waals surface area contributed by atoms with Crippen molar-refractivity contribution < 1.29 is 13.2 Å². The van der Waals surface area contributed by atoms with Crippen LogP contribution in [0.4, 0.5) is 0 Å². The van der Waals surface area contributed by atoms with Gasteiger partial charge in [-0.2, -0.15) is 4.31 Å². The zero-order valence-corrected chi connectivity index (χ0v) is 12.9. The summed E-state index contributed by atoms with van der Waals surface area (Å²) in [4.78, 5) is 4.14. The quantitative estimate of drug-likeness (QED) is 0.849. The molecule has 1 aliphatic rings. The van der Waals surface area contributed by atoms with Crippen LogP contribution in [-0.4, -0.2) is 36.9 Å². The van der Waals surface area contributed by atoms with Crippen LogP contribution >= 0.6 is 0 Å². The molecule has 0 saturated carbocycles. The molecule has 1 aromatic heterocycles. The Bertz CT molecular complexity index is 705. The average molecular weight is 318 g/mol. The number of ether oxygens (including phenoxy) is 1. The van der Waals surface area contributed by atoms with Crippen molar-refractivity contribution in [3.63, 3.8) is 0 Å². The van der Waals surface area contributed by atoms with Gasteiger partial charge in [-0.1, -0.05) is 18.2 Å². The first kappa shape index (κ1) is 15.0. The number of pyridine rings is 1. The lowest BCUT2D eigenvalue weighted by Crippen LogP contribution is -2.39. The number of hydrogen-bond donors (Lipinski definition) is 0. The lowest BCUT2D eigenvalue weighted by atomic mass is 10.2. The zero-order chi connectivity index (χ0) is 15.4. The Morgan fingerprint density at radius 3 is 2.73 bits per heavy atom. The summed E-state index contributed by atoms with van der Waals surface area (Å²) in [5.74, 6) is 0.758. The SMILES string of the molecule is O=S(=O)(c1cccnc1)N1CCC[C@@H]1COc1ccccc1. The molecule has 0 amide bonds. The molecule has 2 aromatic rings. The number of para-hydroxylation sites is 1. The smallest absolute Gasteiger partial charge is 0.244 e. The van der Waals surface area contributed by atoms with Crippen molar-refractivity contribution in [2.75, 3.05) is 13.2 Å². The molecule has 5 nitrogen and oxygen atoms in total. The second-order valence-electron chi connectivity index (χ2n) is 5.22. The molecule has 3 rings (SSSR count). The van der Waals surface area contributed by atoms with E-state index in [9.17, 15) is 8.42 Å². The molecule has 1 fully saturated rings. The summed E-state index contributed by atoms with van der Waals surface area (Å²) in [5.41, 5.74) is 0. The van der Waals surface area contributed by atoms with Crippen molar-refractivity contribution in [1.82, 2.24) is 9.29 Å². The molecule has 0 radical (unpaired) electrons. The summed E-state index contributed by atoms with van der Waals surface area (Å²) in [6.07, 6.45) is 4.62. The van der Waals surface area contributed by atoms with Gasteiger partial charge in [-0.15, -0.1) is 0 Å². The molecule has 1 aromatic carbocycles. The van der Waals surface area contributed by atoms with E-state index in [1.54, 1.807) is 18.3 Å². The molecule has 6 heteroatoms. The van der Waals surface area contributed by atoms with Crippen LogP contribution in [0.25, 0.3) is 0 Å². The molecular formula is C16H18N2O3S. The van der Waals surface area contributed by atoms with Gasteiger partial charge in [-0.05, 0) is 37.1 Å². The van der Waals surface area contributed by atoms with E-state index in [2.05, 4.69) is 4.98 Å². The molecule has 0 N–H and O–H groups in total. The summed E-state index contributed by atoms with van der Waals surface area (Å²) in [6.45, 7) is 0.892. The Morgan fingerprint density at radius 1 is 1.18 bits per heavy atom. The summed E-state index contributed by atoms with van der Waals surface area (Å²) in [7, 11) is -3.50. The fraction of sp³-hybridized carbons (Fsp3) is 0.312. The van der Waals surface area contributed by atoms with Gasteiger partial charge in [0.05, 0.1) is 6.04 Å². The second kappa shape index (κ2) is 6.46. The molecule has 0 bridgehead atoms. The van der Waals surface area contributed by atoms with Crippen LogP contribution in [0.1, 0.15) is 12.8 Å². The minimum atomic E-state index is -3.50. The molecule has 1 saturated heterocycles. The third-order valence-electron chi connectivity index (χ3n) is 3.75. The highest BCUT2D eigenvalue weighted by molar-refractivity contribution is 7.89. The van der Waals surface area contributed by atoms with Crippen molar-refractivity contribution in [1.29, 1.82) is 0 Å². The fourth-order valence-electron chi connectivity index (χ4n) is 2.64. The largest absolute Gasteiger partial charge is 0.492 e. The number of rotatable bonds is 5. The van der Waals surface area contributed by atoms with Crippen LogP contribution in [0.2, 0.25) is 0 Å². The Hall–Kier alpha value is -1.92. The average Bonchev–Trinajstić information content (AvgIpc) is 3.04. The summed E-state index contributed by atoms with van der Waals surface area (Å²) >= 11 is 0. The summed E-state index contributed by atoms with van der Waals surface area (Å²) in [6, 6.07) is 12.5. The maximum absolute atomic E-state index is 12.7. The van der Waals surface area contributed by atoms with Crippen molar-refractivity contribution in [3.05, 3.63) is 54.9 Å². The molecule has 0 aliphatic carbocycles. The Balaban J connectivity index is 1.73. The maximum atomic E-state index is 12.7. The van der Waals surface area contributed by atoms with Gasteiger partial charge in [-0.3, -0.25) is 4.98 Å². The van der Waals surface area contributed by atoms with E-state index in [0.29, 0.717) is 13.2 Å². The fourth-order valence-corrected chi connectivity index (χ4v) is 4.28. The third-order valence-corrected chi connectivity index (χ3v) is 5.69. The minimum Gasteiger partial charge on any atom is -0.492 e. The highest BCUT2D eigenvalue weighted by atomic mass is 32.2. The van der Waals surface area contributed by atoms with Crippen molar-refractivity contribution in [2.24, 2.45) is 0 Å². The van der Waals surface area contributed by atoms with Crippen LogP contribution in [-0.2, 0) is 10.0 Å². The molecule has 2 heterocycles. The second-order valence-corrected chi connectivity index (χ2v) is 7.12. The van der Waals surface area contributed by atoms with E-state index in [1.165, 1.54) is 10.5 Å². The van der Waals surface area contributed by atoms with E-state index in [-0.39, 0.29) is 10.9 Å². The number of sulfonamides is 1. The van der Waals surface area contributed by atoms with E-state index in [1.807, 2.05) is 30.3 Å². The summed E-state index contributed by atoms with van der Waals surface area (Å²) in [5, 5.41) is 0. The van der Waals surface area contributed by atoms with E-state index >= 15 is 0 Å². The highest BCUT2D eigenvalue weighted by Gasteiger charge is 2.35. The molecule has 22 heavy (non-hydrogen) atoms. The third kappa shape index (κ3) is 3.13. The van der Waals surface area contributed by atoms with Crippen molar-refractivity contribution >= 4 is 10.0 Å². The van der Waals surface area contributed by atoms with Crippen LogP contribution in [0.15, 0.2) is 59.8 Å². The van der Waals surface area contributed by atoms with Crippen molar-refractivity contribution in [3.8, 4) is 5.75 Å². The standard InChI is InChI=1S/C16H18N2O3S/c19-22(20,16-9-4-10-17-12-16)18-11-5-6-14(18)13-21-15-7-2-1-3-8-15/h1-4,7-10,12,14H,5-6,11,13H2/t14-/m1/s1. The van der Waals surface area contributed by atoms with Gasteiger partial charge in [0.2, 0.25) is 10.0 Å². The van der Waals surface area contributed by atoms with Crippen LogP contribution < -0.4 is 4.74 Å². The van der Waals surface area contributed by atoms with Crippen LogP contribution in [0.5, 0.6) is 5.75 Å². The monoisotopic (exact) mass is 318 g/mol. The van der Waals surface area contributed by atoms with Gasteiger partial charge in [0.15, 0.2) is 0 Å². The first-order chi connectivity index (χ1) is 10.7. The Labute approximate surface area is 130 Å². The zero-order valence-electron chi connectivity index (χ0n) is 12.1. The first-order valence-corrected chi connectivity index (χ1v) is 8.71. The van der Waals surface area contributed by atoms with Gasteiger partial charge in [-0.25, -0.2) is 8.42 Å². The number of benzene rings is 1. The van der Waals surface area contributed by atoms with Gasteiger partial charge in [0, 0.05) is 18.9 Å². The van der Waals surface area contributed by atoms with Crippen molar-refractivity contribution in [2.45, 2.75) is 23.8 Å². The van der Waals surface area contributed by atoms with E-state index < -0.39 is 10.0 Å². The summed E-state index contributed by atoms with van der Waals surface area (Å²) < 4.78 is 32.6. The van der Waals surface area contributed by atoms with Crippen LogP contribution in [0.3, 0.4) is 0 Å². The molecule has 0 spiro atoms. The van der Waals surface area contributed by atoms with Gasteiger partial charge < -0.3 is 4.74 Å². The lowest BCUT2D eigenvalue weighted by molar-refractivity contribution is 0.232. The highest BCUT2D eigenvalue weighted by Crippen LogP contribution is 2.26. The van der Waals surface area contributed by atoms with E-state index in [4.69, 9.17) is 4.74 Å². The maximum Gasteiger partial charge on any atom is 0.244 e. The lowest BCUT2D eigenvalue weighted by Gasteiger charge is -2.24. The molecule has 0 unspecified atom stereocenters. The Morgan fingerprint density at radius 2 is 2.00 bits per heavy atom. The Kier molecular flexibility index (Phi) is 4.40. The molecule has 116 valence electrons. The number of hydrogen-bond acceptors (Lipinski definition) is 4. The van der Waals surface area contributed by atoms with Gasteiger partial charge in [0.25, 0.3) is 0 Å². The predicted molar refractivity (Wildman–Crippen MR) is 83.1 cm³/mol. The van der Waals surface area contributed by atoms with Gasteiger partial charge >= 0.3 is 0 Å². The molecule has 1 aliphatic heterocycles. The normalized spacial score (nSPS) is 19.2. The predicted octanol–water partition coefficient (Wildman–Crippen LogP) is 2.31. The first-order valence-electron chi connectivity index (χ1n) is 7.27. The van der Waals surface area contributed by atoms with Crippen LogP contribution in [0, 0.1) is 0 Å². The minimum absolute atomic E-state index is 0.134.